The fourth-order valence-corrected chi connectivity index (χ4v) is 7.52. The predicted octanol–water partition coefficient (Wildman–Crippen LogP) is 7.12. The first-order valence-corrected chi connectivity index (χ1v) is 17.5. The van der Waals surface area contributed by atoms with Crippen LogP contribution < -0.4 is 15.2 Å². The molecule has 48 heavy (non-hydrogen) atoms. The molecule has 1 heterocycles. The number of halogens is 5. The Morgan fingerprint density at radius 3 is 2.17 bits per heavy atom. The Bertz CT molecular complexity index is 1900. The maximum atomic E-state index is 16.4. The number of nitrogens with zero attached hydrogens (tertiary/aromatic N) is 1. The van der Waals surface area contributed by atoms with Crippen molar-refractivity contribution < 1.29 is 35.5 Å². The van der Waals surface area contributed by atoms with Gasteiger partial charge in [0, 0.05) is 17.1 Å². The van der Waals surface area contributed by atoms with Gasteiger partial charge in [-0.05, 0) is 90.4 Å². The molecule has 1 aliphatic heterocycles. The number of sulfonamides is 1. The predicted molar refractivity (Wildman–Crippen MR) is 176 cm³/mol. The maximum absolute atomic E-state index is 16.4. The summed E-state index contributed by atoms with van der Waals surface area (Å²) in [6, 6.07) is 16.5. The van der Waals surface area contributed by atoms with E-state index in [1.54, 1.807) is 42.5 Å². The van der Waals surface area contributed by atoms with Crippen LogP contribution in [0.2, 0.25) is 5.02 Å². The summed E-state index contributed by atoms with van der Waals surface area (Å²) < 4.78 is 97.1. The zero-order valence-corrected chi connectivity index (χ0v) is 27.3. The van der Waals surface area contributed by atoms with E-state index < -0.39 is 52.0 Å². The molecule has 13 heteroatoms. The summed E-state index contributed by atoms with van der Waals surface area (Å²) >= 11 is 5.95. The molecule has 254 valence electrons. The van der Waals surface area contributed by atoms with Gasteiger partial charge in [-0.15, -0.1) is 0 Å². The van der Waals surface area contributed by atoms with Gasteiger partial charge in [-0.2, -0.15) is 13.5 Å². The van der Waals surface area contributed by atoms with Gasteiger partial charge in [0.05, 0.1) is 23.6 Å². The number of likely N-dealkylation sites (tertiary alicyclic amines) is 1. The molecule has 1 amide bonds. The van der Waals surface area contributed by atoms with Crippen LogP contribution in [0.1, 0.15) is 37.7 Å². The first-order chi connectivity index (χ1) is 22.7. The van der Waals surface area contributed by atoms with E-state index in [4.69, 9.17) is 22.1 Å². The highest BCUT2D eigenvalue weighted by Crippen LogP contribution is 2.37. The van der Waals surface area contributed by atoms with Crippen LogP contribution in [0, 0.1) is 0 Å². The number of rotatable bonds is 9. The second-order valence-corrected chi connectivity index (χ2v) is 14.5. The van der Waals surface area contributed by atoms with Gasteiger partial charge in [-0.3, -0.25) is 4.79 Å². The fourth-order valence-electron chi connectivity index (χ4n) is 6.17. The minimum Gasteiger partial charge on any atom is -0.490 e. The molecule has 2 aliphatic rings. The number of benzene rings is 4. The van der Waals surface area contributed by atoms with Crippen molar-refractivity contribution in [1.82, 2.24) is 9.62 Å². The van der Waals surface area contributed by atoms with Crippen molar-refractivity contribution in [2.75, 3.05) is 13.1 Å². The molecule has 1 saturated carbocycles. The minimum absolute atomic E-state index is 0.117. The lowest BCUT2D eigenvalue weighted by atomic mass is 9.95. The van der Waals surface area contributed by atoms with Gasteiger partial charge in [0.1, 0.15) is 5.75 Å². The van der Waals surface area contributed by atoms with E-state index in [1.165, 1.54) is 30.3 Å². The van der Waals surface area contributed by atoms with Gasteiger partial charge in [0.15, 0.2) is 6.04 Å². The second-order valence-electron chi connectivity index (χ2n) is 12.4. The van der Waals surface area contributed by atoms with Crippen LogP contribution in [0.3, 0.4) is 0 Å². The first kappa shape index (κ1) is 34.2. The number of fused-ring (bicyclic) bond motifs is 1. The number of hydrogen-bond acceptors (Lipinski definition) is 5. The van der Waals surface area contributed by atoms with Crippen molar-refractivity contribution in [2.45, 2.75) is 67.0 Å². The average molecular weight is 704 g/mol. The molecule has 4 aromatic carbocycles. The zero-order valence-electron chi connectivity index (χ0n) is 25.7. The number of ether oxygens (including phenoxy) is 1. The molecule has 2 fully saturated rings. The third kappa shape index (κ3) is 7.17. The van der Waals surface area contributed by atoms with Crippen LogP contribution in [0.15, 0.2) is 89.8 Å². The van der Waals surface area contributed by atoms with E-state index in [-0.39, 0.29) is 24.0 Å². The Kier molecular flexibility index (Phi) is 9.47. The number of carbonyl (C=O) groups excluding carboxylic acids is 1. The van der Waals surface area contributed by atoms with Crippen molar-refractivity contribution in [2.24, 2.45) is 5.73 Å². The molecule has 2 atom stereocenters. The molecule has 4 aromatic rings. The maximum Gasteiger partial charge on any atom is 0.298 e. The Balaban J connectivity index is 1.31. The van der Waals surface area contributed by atoms with E-state index in [0.717, 1.165) is 37.8 Å². The van der Waals surface area contributed by atoms with E-state index in [2.05, 4.69) is 0 Å². The number of carbonyl (C=O) groups is 1. The highest BCUT2D eigenvalue weighted by Gasteiger charge is 2.52. The zero-order chi connectivity index (χ0) is 34.3. The molecule has 0 radical (unpaired) electrons. The van der Waals surface area contributed by atoms with E-state index in [9.17, 15) is 22.0 Å². The third-order valence-corrected chi connectivity index (χ3v) is 10.7. The highest BCUT2D eigenvalue weighted by atomic mass is 35.5. The summed E-state index contributed by atoms with van der Waals surface area (Å²) in [5, 5.41) is 1.65. The smallest absolute Gasteiger partial charge is 0.298 e. The van der Waals surface area contributed by atoms with Crippen LogP contribution in [0.25, 0.3) is 21.9 Å². The average Bonchev–Trinajstić information content (AvgIpc) is 3.58. The van der Waals surface area contributed by atoms with Gasteiger partial charge in [-0.1, -0.05) is 60.1 Å². The summed E-state index contributed by atoms with van der Waals surface area (Å²) in [7, 11) is -4.78. The summed E-state index contributed by atoms with van der Waals surface area (Å²) in [4.78, 5) is 13.8. The van der Waals surface area contributed by atoms with Gasteiger partial charge in [-0.25, -0.2) is 17.2 Å². The first-order valence-electron chi connectivity index (χ1n) is 15.6. The van der Waals surface area contributed by atoms with E-state index >= 15 is 8.78 Å². The van der Waals surface area contributed by atoms with Gasteiger partial charge >= 0.3 is 0 Å². The molecule has 6 rings (SSSR count). The minimum atomic E-state index is -4.78. The molecule has 3 N–H and O–H groups in total. The van der Waals surface area contributed by atoms with Crippen LogP contribution in [0.5, 0.6) is 5.75 Å². The van der Waals surface area contributed by atoms with Crippen molar-refractivity contribution in [1.29, 1.82) is 0 Å². The molecular weight excluding hydrogens is 670 g/mol. The van der Waals surface area contributed by atoms with E-state index in [1.807, 2.05) is 4.72 Å². The number of nitrogens with two attached hydrogens (primary N) is 1. The van der Waals surface area contributed by atoms with E-state index in [0.29, 0.717) is 37.6 Å². The van der Waals surface area contributed by atoms with Crippen LogP contribution >= 0.6 is 11.6 Å². The van der Waals surface area contributed by atoms with Crippen molar-refractivity contribution in [3.8, 4) is 16.9 Å². The fraction of sp³-hybridized carbons (Fsp3) is 0.343. The molecule has 0 bridgehead atoms. The Morgan fingerprint density at radius 2 is 1.52 bits per heavy atom. The topological polar surface area (TPSA) is 102 Å². The summed E-state index contributed by atoms with van der Waals surface area (Å²) in [6.07, 6.45) is 3.87. The highest BCUT2D eigenvalue weighted by molar-refractivity contribution is 7.89. The third-order valence-electron chi connectivity index (χ3n) is 8.99. The number of hydrogen-bond donors (Lipinski definition) is 2. The number of amides is 1. The van der Waals surface area contributed by atoms with Gasteiger partial charge in [0.25, 0.3) is 11.8 Å². The Morgan fingerprint density at radius 1 is 0.917 bits per heavy atom. The molecule has 1 unspecified atom stereocenters. The van der Waals surface area contributed by atoms with Gasteiger partial charge in [0.2, 0.25) is 15.9 Å². The standard InChI is InChI=1S/C35H34ClF4N3O4S/c36-27-13-7-23(8-14-27)22-5-11-26(12-6-22)35(39,40)32(33(44)43-18-17-31(41)34(37,38)21-43)42-48(45,46)30-16-10-24-19-29(15-9-25(24)20-30)47-28-3-1-2-4-28/h5-16,19-20,28,31-32,42H,1-4,17-18,21,41H2/t31-,32?/m0/s1. The Hall–Kier alpha value is -3.71. The Labute approximate surface area is 281 Å². The summed E-state index contributed by atoms with van der Waals surface area (Å²) in [5.41, 5.74) is 6.07. The number of nitrogens with one attached hydrogen (secondary N) is 1. The SMILES string of the molecule is N[C@H]1CCN(C(=O)C(NS(=O)(=O)c2ccc3cc(OC4CCCC4)ccc3c2)C(F)(F)c2ccc(-c3ccc(Cl)cc3)cc2)CC1(F)F. The largest absolute Gasteiger partial charge is 0.490 e. The molecule has 0 spiro atoms. The van der Waals surface area contributed by atoms with Crippen molar-refractivity contribution in [3.05, 3.63) is 95.5 Å². The summed E-state index contributed by atoms with van der Waals surface area (Å²) in [6.45, 7) is -1.57. The summed E-state index contributed by atoms with van der Waals surface area (Å²) in [5.74, 6) is -8.56. The normalized spacial score (nSPS) is 19.4. The lowest BCUT2D eigenvalue weighted by Crippen LogP contribution is -2.62. The van der Waals surface area contributed by atoms with Crippen LogP contribution in [0.4, 0.5) is 17.6 Å². The lowest BCUT2D eigenvalue weighted by Gasteiger charge is -2.39. The van der Waals surface area contributed by atoms with Crippen LogP contribution in [-0.2, 0) is 20.7 Å². The second kappa shape index (κ2) is 13.3. The molecule has 1 saturated heterocycles. The molecule has 0 aromatic heterocycles. The lowest BCUT2D eigenvalue weighted by molar-refractivity contribution is -0.155. The molecule has 1 aliphatic carbocycles. The quantitative estimate of drug-likeness (QED) is 0.181. The number of alkyl halides is 4. The number of piperidine rings is 1. The van der Waals surface area contributed by atoms with Crippen LogP contribution in [-0.4, -0.2) is 56.4 Å². The molecular formula is C35H34ClF4N3O4S. The van der Waals surface area contributed by atoms with Crippen molar-refractivity contribution >= 4 is 38.3 Å². The van der Waals surface area contributed by atoms with Crippen molar-refractivity contribution in [3.63, 3.8) is 0 Å². The van der Waals surface area contributed by atoms with Gasteiger partial charge < -0.3 is 15.4 Å². The molecule has 7 nitrogen and oxygen atoms in total. The monoisotopic (exact) mass is 703 g/mol.